The van der Waals surface area contributed by atoms with Gasteiger partial charge in [0.05, 0.1) is 10.6 Å². The fraction of sp³-hybridized carbons (Fsp3) is 0.286. The zero-order chi connectivity index (χ0) is 15.5. The van der Waals surface area contributed by atoms with Crippen molar-refractivity contribution in [3.8, 4) is 9.88 Å². The van der Waals surface area contributed by atoms with Gasteiger partial charge in [-0.1, -0.05) is 13.0 Å². The van der Waals surface area contributed by atoms with Gasteiger partial charge in [-0.05, 0) is 18.4 Å². The number of thiophene rings is 1. The molecule has 3 aromatic heterocycles. The summed E-state index contributed by atoms with van der Waals surface area (Å²) in [6, 6.07) is 3.93. The van der Waals surface area contributed by atoms with Crippen molar-refractivity contribution in [2.45, 2.75) is 26.9 Å². The summed E-state index contributed by atoms with van der Waals surface area (Å²) in [5, 5.41) is 10.4. The van der Waals surface area contributed by atoms with Gasteiger partial charge in [-0.25, -0.2) is 9.78 Å². The second-order valence-electron chi connectivity index (χ2n) is 4.43. The van der Waals surface area contributed by atoms with Crippen molar-refractivity contribution in [2.75, 3.05) is 0 Å². The number of esters is 1. The molecule has 0 radical (unpaired) electrons. The Morgan fingerprint density at radius 1 is 1.36 bits per heavy atom. The van der Waals surface area contributed by atoms with Gasteiger partial charge in [0.25, 0.3) is 5.89 Å². The molecule has 0 fully saturated rings. The van der Waals surface area contributed by atoms with E-state index in [1.54, 1.807) is 18.3 Å². The van der Waals surface area contributed by atoms with E-state index in [2.05, 4.69) is 15.2 Å². The number of carbonyl (C=O) groups is 1. The Kier molecular flexibility index (Phi) is 4.30. The van der Waals surface area contributed by atoms with Crippen LogP contribution in [0.5, 0.6) is 0 Å². The second-order valence-corrected chi connectivity index (χ2v) is 6.38. The maximum absolute atomic E-state index is 12.2. The van der Waals surface area contributed by atoms with Crippen LogP contribution in [0.15, 0.2) is 21.9 Å². The lowest BCUT2D eigenvalue weighted by Crippen LogP contribution is -2.05. The molecule has 0 bridgehead atoms. The summed E-state index contributed by atoms with van der Waals surface area (Å²) in [6.45, 7) is 3.68. The van der Waals surface area contributed by atoms with E-state index in [4.69, 9.17) is 9.15 Å². The summed E-state index contributed by atoms with van der Waals surface area (Å²) < 4.78 is 10.5. The molecule has 0 aliphatic carbocycles. The predicted octanol–water partition coefficient (Wildman–Crippen LogP) is 3.48. The van der Waals surface area contributed by atoms with Gasteiger partial charge >= 0.3 is 5.97 Å². The highest BCUT2D eigenvalue weighted by molar-refractivity contribution is 7.22. The van der Waals surface area contributed by atoms with Crippen molar-refractivity contribution in [3.05, 3.63) is 39.9 Å². The average Bonchev–Trinajstić information content (AvgIpc) is 3.24. The van der Waals surface area contributed by atoms with Crippen LogP contribution in [0.2, 0.25) is 0 Å². The SMILES string of the molecule is CCc1nnc(COC(=O)c2sc(-c3cccs3)nc2C)o1. The zero-order valence-electron chi connectivity index (χ0n) is 12.0. The maximum Gasteiger partial charge on any atom is 0.350 e. The first kappa shape index (κ1) is 14.9. The first-order chi connectivity index (χ1) is 10.7. The monoisotopic (exact) mass is 335 g/mol. The number of nitrogens with zero attached hydrogens (tertiary/aromatic N) is 3. The Balaban J connectivity index is 1.69. The third-order valence-corrected chi connectivity index (χ3v) is 5.03. The lowest BCUT2D eigenvalue weighted by molar-refractivity contribution is 0.0441. The molecule has 22 heavy (non-hydrogen) atoms. The summed E-state index contributed by atoms with van der Waals surface area (Å²) in [6.07, 6.45) is 0.652. The third-order valence-electron chi connectivity index (χ3n) is 2.85. The Morgan fingerprint density at radius 2 is 2.18 bits per heavy atom. The molecule has 0 unspecified atom stereocenters. The van der Waals surface area contributed by atoms with E-state index in [-0.39, 0.29) is 6.61 Å². The summed E-state index contributed by atoms with van der Waals surface area (Å²) in [5.74, 6) is 0.403. The molecule has 0 N–H and O–H groups in total. The molecular weight excluding hydrogens is 322 g/mol. The highest BCUT2D eigenvalue weighted by atomic mass is 32.1. The van der Waals surface area contributed by atoms with Gasteiger partial charge in [0.15, 0.2) is 6.61 Å². The van der Waals surface area contributed by atoms with Gasteiger partial charge in [-0.3, -0.25) is 0 Å². The normalized spacial score (nSPS) is 10.8. The molecule has 0 saturated carbocycles. The molecule has 3 rings (SSSR count). The number of hydrogen-bond donors (Lipinski definition) is 0. The van der Waals surface area contributed by atoms with Crippen molar-refractivity contribution in [2.24, 2.45) is 0 Å². The number of thiazole rings is 1. The van der Waals surface area contributed by atoms with Crippen LogP contribution in [-0.4, -0.2) is 21.2 Å². The fourth-order valence-electron chi connectivity index (χ4n) is 1.77. The largest absolute Gasteiger partial charge is 0.451 e. The summed E-state index contributed by atoms with van der Waals surface area (Å²) in [7, 11) is 0. The molecular formula is C14H13N3O3S2. The fourth-order valence-corrected chi connectivity index (χ4v) is 3.53. The topological polar surface area (TPSA) is 78.1 Å². The molecule has 0 spiro atoms. The molecule has 114 valence electrons. The first-order valence-corrected chi connectivity index (χ1v) is 8.36. The Bertz CT molecular complexity index is 777. The number of aryl methyl sites for hydroxylation is 2. The lowest BCUT2D eigenvalue weighted by Gasteiger charge is -1.99. The maximum atomic E-state index is 12.2. The highest BCUT2D eigenvalue weighted by Crippen LogP contribution is 2.31. The van der Waals surface area contributed by atoms with Crippen LogP contribution in [0, 0.1) is 6.92 Å². The van der Waals surface area contributed by atoms with Gasteiger partial charge in [0.2, 0.25) is 5.89 Å². The molecule has 0 aliphatic rings. The van der Waals surface area contributed by atoms with E-state index in [0.29, 0.717) is 28.8 Å². The van der Waals surface area contributed by atoms with Crippen LogP contribution in [0.3, 0.4) is 0 Å². The third kappa shape index (κ3) is 3.07. The van der Waals surface area contributed by atoms with Gasteiger partial charge < -0.3 is 9.15 Å². The van der Waals surface area contributed by atoms with Crippen molar-refractivity contribution in [1.29, 1.82) is 0 Å². The first-order valence-electron chi connectivity index (χ1n) is 6.67. The Hall–Kier alpha value is -2.06. The van der Waals surface area contributed by atoms with Crippen molar-refractivity contribution in [3.63, 3.8) is 0 Å². The minimum Gasteiger partial charge on any atom is -0.451 e. The summed E-state index contributed by atoms with van der Waals surface area (Å²) >= 11 is 2.92. The zero-order valence-corrected chi connectivity index (χ0v) is 13.7. The molecule has 6 nitrogen and oxygen atoms in total. The van der Waals surface area contributed by atoms with Gasteiger partial charge in [-0.2, -0.15) is 0 Å². The van der Waals surface area contributed by atoms with Crippen LogP contribution in [-0.2, 0) is 17.8 Å². The quantitative estimate of drug-likeness (QED) is 0.664. The minimum atomic E-state index is -0.422. The Labute approximate surface area is 134 Å². The molecule has 3 heterocycles. The number of aromatic nitrogens is 3. The minimum absolute atomic E-state index is 0.0302. The van der Waals surface area contributed by atoms with E-state index in [9.17, 15) is 4.79 Å². The van der Waals surface area contributed by atoms with Crippen LogP contribution in [0.1, 0.15) is 34.1 Å². The molecule has 0 saturated heterocycles. The van der Waals surface area contributed by atoms with Crippen LogP contribution in [0.25, 0.3) is 9.88 Å². The predicted molar refractivity (Wildman–Crippen MR) is 83.0 cm³/mol. The van der Waals surface area contributed by atoms with E-state index in [1.165, 1.54) is 11.3 Å². The summed E-state index contributed by atoms with van der Waals surface area (Å²) in [4.78, 5) is 18.1. The number of hydrogen-bond acceptors (Lipinski definition) is 8. The van der Waals surface area contributed by atoms with Crippen LogP contribution in [0.4, 0.5) is 0 Å². The van der Waals surface area contributed by atoms with Gasteiger partial charge in [-0.15, -0.1) is 32.9 Å². The van der Waals surface area contributed by atoms with Gasteiger partial charge in [0.1, 0.15) is 9.88 Å². The van der Waals surface area contributed by atoms with E-state index >= 15 is 0 Å². The molecule has 3 aromatic rings. The van der Waals surface area contributed by atoms with Gasteiger partial charge in [0, 0.05) is 6.42 Å². The van der Waals surface area contributed by atoms with Crippen LogP contribution < -0.4 is 0 Å². The highest BCUT2D eigenvalue weighted by Gasteiger charge is 2.19. The Morgan fingerprint density at radius 3 is 2.86 bits per heavy atom. The van der Waals surface area contributed by atoms with Crippen LogP contribution >= 0.6 is 22.7 Å². The van der Waals surface area contributed by atoms with E-state index in [0.717, 1.165) is 9.88 Å². The van der Waals surface area contributed by atoms with E-state index < -0.39 is 5.97 Å². The molecule has 0 aliphatic heterocycles. The molecule has 0 atom stereocenters. The molecule has 0 aromatic carbocycles. The number of ether oxygens (including phenoxy) is 1. The number of rotatable bonds is 5. The molecule has 0 amide bonds. The van der Waals surface area contributed by atoms with Crippen molar-refractivity contribution < 1.29 is 13.9 Å². The standard InChI is InChI=1S/C14H13N3O3S2/c1-3-10-16-17-11(20-10)7-19-14(18)12-8(2)15-13(22-12)9-5-4-6-21-9/h4-6H,3,7H2,1-2H3. The number of carbonyl (C=O) groups excluding carboxylic acids is 1. The van der Waals surface area contributed by atoms with Crippen molar-refractivity contribution >= 4 is 28.6 Å². The smallest absolute Gasteiger partial charge is 0.350 e. The lowest BCUT2D eigenvalue weighted by atomic mass is 10.4. The van der Waals surface area contributed by atoms with Crippen molar-refractivity contribution in [1.82, 2.24) is 15.2 Å². The second kappa shape index (κ2) is 6.37. The average molecular weight is 335 g/mol. The molecule has 8 heteroatoms. The summed E-state index contributed by atoms with van der Waals surface area (Å²) in [5.41, 5.74) is 0.665. The van der Waals surface area contributed by atoms with E-state index in [1.807, 2.05) is 24.4 Å².